The number of hydrogen-bond donors (Lipinski definition) is 3. The maximum atomic E-state index is 12.8. The van der Waals surface area contributed by atoms with E-state index in [2.05, 4.69) is 10.3 Å². The molecule has 1 fully saturated rings. The maximum absolute atomic E-state index is 12.8. The third kappa shape index (κ3) is 4.98. The van der Waals surface area contributed by atoms with E-state index < -0.39 is 18.1 Å². The number of aromatic nitrogens is 1. The first-order valence-corrected chi connectivity index (χ1v) is 11.1. The van der Waals surface area contributed by atoms with E-state index in [-0.39, 0.29) is 24.8 Å². The first-order chi connectivity index (χ1) is 16.5. The number of nitrogens with one attached hydrogen (secondary N) is 2. The highest BCUT2D eigenvalue weighted by atomic mass is 16.6. The predicted molar refractivity (Wildman–Crippen MR) is 125 cm³/mol. The lowest BCUT2D eigenvalue weighted by Gasteiger charge is -2.23. The van der Waals surface area contributed by atoms with Crippen molar-refractivity contribution in [2.45, 2.75) is 31.9 Å². The van der Waals surface area contributed by atoms with E-state index in [9.17, 15) is 19.5 Å². The number of carbonyl (C=O) groups is 3. The van der Waals surface area contributed by atoms with E-state index >= 15 is 0 Å². The molecule has 4 rings (SSSR count). The number of likely N-dealkylation sites (tertiary alicyclic amines) is 1. The molecule has 1 atom stereocenters. The van der Waals surface area contributed by atoms with Gasteiger partial charge in [0.2, 0.25) is 5.91 Å². The summed E-state index contributed by atoms with van der Waals surface area (Å²) < 4.78 is 10.7. The molecule has 1 saturated heterocycles. The van der Waals surface area contributed by atoms with Crippen LogP contribution in [-0.4, -0.2) is 59.2 Å². The lowest BCUT2D eigenvalue weighted by Crippen LogP contribution is -2.46. The minimum atomic E-state index is -1.07. The Balaban J connectivity index is 1.38. The number of rotatable bonds is 8. The molecule has 9 heteroatoms. The van der Waals surface area contributed by atoms with Crippen LogP contribution in [0.5, 0.6) is 5.75 Å². The molecule has 0 spiro atoms. The molecule has 0 bridgehead atoms. The van der Waals surface area contributed by atoms with Crippen molar-refractivity contribution in [3.05, 3.63) is 65.4 Å². The number of ether oxygens (including phenoxy) is 2. The van der Waals surface area contributed by atoms with Gasteiger partial charge in [-0.2, -0.15) is 0 Å². The van der Waals surface area contributed by atoms with Crippen LogP contribution in [0.4, 0.5) is 4.79 Å². The molecular weight excluding hydrogens is 438 g/mol. The van der Waals surface area contributed by atoms with E-state index in [1.165, 1.54) is 4.90 Å². The van der Waals surface area contributed by atoms with Crippen LogP contribution < -0.4 is 10.1 Å². The van der Waals surface area contributed by atoms with E-state index in [4.69, 9.17) is 9.47 Å². The summed E-state index contributed by atoms with van der Waals surface area (Å²) in [6.45, 7) is 0.830. The Bertz CT molecular complexity index is 1190. The molecule has 0 radical (unpaired) electrons. The van der Waals surface area contributed by atoms with Crippen LogP contribution in [0.1, 0.15) is 34.5 Å². The second kappa shape index (κ2) is 10.3. The molecule has 1 unspecified atom stereocenters. The zero-order chi connectivity index (χ0) is 24.1. The third-order valence-corrected chi connectivity index (χ3v) is 6.00. The van der Waals surface area contributed by atoms with E-state index in [0.29, 0.717) is 42.6 Å². The Morgan fingerprint density at radius 2 is 1.97 bits per heavy atom. The molecule has 3 aromatic rings. The van der Waals surface area contributed by atoms with Crippen molar-refractivity contribution in [3.63, 3.8) is 0 Å². The zero-order valence-corrected chi connectivity index (χ0v) is 18.9. The van der Waals surface area contributed by atoms with Gasteiger partial charge in [-0.1, -0.05) is 30.3 Å². The average Bonchev–Trinajstić information content (AvgIpc) is 3.48. The number of aromatic carboxylic acids is 1. The summed E-state index contributed by atoms with van der Waals surface area (Å²) in [6, 6.07) is 14.0. The summed E-state index contributed by atoms with van der Waals surface area (Å²) in [5.74, 6) is -0.729. The molecule has 1 aliphatic rings. The number of benzene rings is 2. The largest absolute Gasteiger partial charge is 0.497 e. The van der Waals surface area contributed by atoms with Crippen molar-refractivity contribution in [1.82, 2.24) is 15.2 Å². The summed E-state index contributed by atoms with van der Waals surface area (Å²) in [6.07, 6.45) is 1.06. The molecule has 178 valence electrons. The van der Waals surface area contributed by atoms with Crippen molar-refractivity contribution in [2.75, 3.05) is 20.2 Å². The fourth-order valence-corrected chi connectivity index (χ4v) is 4.28. The summed E-state index contributed by atoms with van der Waals surface area (Å²) in [5.41, 5.74) is 2.24. The second-order valence-corrected chi connectivity index (χ2v) is 8.13. The second-order valence-electron chi connectivity index (χ2n) is 8.13. The quantitative estimate of drug-likeness (QED) is 0.469. The molecule has 0 saturated carbocycles. The SMILES string of the molecule is COc1ccc2[nH]c(C(=O)O)c(CCNC(=O)C3CCCN3C(=O)OCc3ccccc3)c2c1. The van der Waals surface area contributed by atoms with Gasteiger partial charge in [0.1, 0.15) is 24.1 Å². The van der Waals surface area contributed by atoms with Crippen LogP contribution in [0.25, 0.3) is 10.9 Å². The predicted octanol–water partition coefficient (Wildman–Crippen LogP) is 3.33. The first-order valence-electron chi connectivity index (χ1n) is 11.1. The van der Waals surface area contributed by atoms with Gasteiger partial charge in [-0.25, -0.2) is 9.59 Å². The standard InChI is InChI=1S/C25H27N3O6/c1-33-17-9-10-20-19(14-17)18(22(27-20)24(30)31)11-12-26-23(29)21-8-5-13-28(21)25(32)34-15-16-6-3-2-4-7-16/h2-4,6-7,9-10,14,21,27H,5,8,11-13,15H2,1H3,(H,26,29)(H,30,31). The van der Waals surface area contributed by atoms with Crippen molar-refractivity contribution < 1.29 is 29.0 Å². The molecule has 9 nitrogen and oxygen atoms in total. The molecule has 2 amide bonds. The number of fused-ring (bicyclic) bond motifs is 1. The molecule has 34 heavy (non-hydrogen) atoms. The highest BCUT2D eigenvalue weighted by Gasteiger charge is 2.35. The van der Waals surface area contributed by atoms with Gasteiger partial charge in [-0.05, 0) is 48.6 Å². The third-order valence-electron chi connectivity index (χ3n) is 6.00. The van der Waals surface area contributed by atoms with Gasteiger partial charge >= 0.3 is 12.1 Å². The smallest absolute Gasteiger partial charge is 0.410 e. The van der Waals surface area contributed by atoms with Crippen LogP contribution in [0.15, 0.2) is 48.5 Å². The lowest BCUT2D eigenvalue weighted by molar-refractivity contribution is -0.125. The van der Waals surface area contributed by atoms with Gasteiger partial charge < -0.3 is 24.9 Å². The lowest BCUT2D eigenvalue weighted by atomic mass is 10.1. The van der Waals surface area contributed by atoms with Gasteiger partial charge in [-0.15, -0.1) is 0 Å². The topological polar surface area (TPSA) is 121 Å². The fourth-order valence-electron chi connectivity index (χ4n) is 4.28. The molecule has 2 aromatic carbocycles. The first kappa shape index (κ1) is 23.2. The fraction of sp³-hybridized carbons (Fsp3) is 0.320. The monoisotopic (exact) mass is 465 g/mol. The van der Waals surface area contributed by atoms with Crippen molar-refractivity contribution in [1.29, 1.82) is 0 Å². The summed E-state index contributed by atoms with van der Waals surface area (Å²) in [7, 11) is 1.55. The van der Waals surface area contributed by atoms with Crippen LogP contribution in [0.2, 0.25) is 0 Å². The highest BCUT2D eigenvalue weighted by molar-refractivity contribution is 5.98. The number of aromatic amines is 1. The Labute approximate surface area is 196 Å². The highest BCUT2D eigenvalue weighted by Crippen LogP contribution is 2.27. The van der Waals surface area contributed by atoms with Gasteiger partial charge in [0.15, 0.2) is 0 Å². The van der Waals surface area contributed by atoms with E-state index in [0.717, 1.165) is 10.9 Å². The average molecular weight is 466 g/mol. The number of methoxy groups -OCH3 is 1. The number of carbonyl (C=O) groups excluding carboxylic acids is 2. The summed E-state index contributed by atoms with van der Waals surface area (Å²) >= 11 is 0. The minimum absolute atomic E-state index is 0.0875. The van der Waals surface area contributed by atoms with Crippen LogP contribution in [-0.2, 0) is 22.6 Å². The Morgan fingerprint density at radius 3 is 2.71 bits per heavy atom. The molecule has 3 N–H and O–H groups in total. The normalized spacial score (nSPS) is 15.3. The van der Waals surface area contributed by atoms with Gasteiger partial charge in [-0.3, -0.25) is 9.69 Å². The van der Waals surface area contributed by atoms with Crippen LogP contribution in [0, 0.1) is 0 Å². The number of H-pyrrole nitrogens is 1. The van der Waals surface area contributed by atoms with E-state index in [1.807, 2.05) is 30.3 Å². The van der Waals surface area contributed by atoms with Crippen molar-refractivity contribution >= 4 is 28.9 Å². The number of carboxylic acid groups (broad SMARTS) is 1. The summed E-state index contributed by atoms with van der Waals surface area (Å²) in [4.78, 5) is 41.5. The van der Waals surface area contributed by atoms with Crippen molar-refractivity contribution in [3.8, 4) is 5.75 Å². The molecule has 2 heterocycles. The minimum Gasteiger partial charge on any atom is -0.497 e. The number of nitrogens with zero attached hydrogens (tertiary/aromatic N) is 1. The van der Waals surface area contributed by atoms with Gasteiger partial charge in [0.25, 0.3) is 0 Å². The Kier molecular flexibility index (Phi) is 7.01. The number of carboxylic acids is 1. The zero-order valence-electron chi connectivity index (χ0n) is 18.9. The Hall–Kier alpha value is -4.01. The maximum Gasteiger partial charge on any atom is 0.410 e. The molecule has 1 aromatic heterocycles. The Morgan fingerprint density at radius 1 is 1.18 bits per heavy atom. The summed E-state index contributed by atoms with van der Waals surface area (Å²) in [5, 5.41) is 13.2. The van der Waals surface area contributed by atoms with E-state index in [1.54, 1.807) is 25.3 Å². The molecule has 1 aliphatic heterocycles. The van der Waals surface area contributed by atoms with Crippen LogP contribution >= 0.6 is 0 Å². The van der Waals surface area contributed by atoms with Crippen molar-refractivity contribution in [2.24, 2.45) is 0 Å². The molecule has 0 aliphatic carbocycles. The number of hydrogen-bond acceptors (Lipinski definition) is 5. The van der Waals surface area contributed by atoms with Crippen LogP contribution in [0.3, 0.4) is 0 Å². The molecular formula is C25H27N3O6. The number of amides is 2. The van der Waals surface area contributed by atoms with Gasteiger partial charge in [0, 0.05) is 24.0 Å². The van der Waals surface area contributed by atoms with Gasteiger partial charge in [0.05, 0.1) is 7.11 Å².